The van der Waals surface area contributed by atoms with E-state index in [4.69, 9.17) is 9.73 Å². The molecule has 0 amide bonds. The second-order valence-electron chi connectivity index (χ2n) is 8.15. The summed E-state index contributed by atoms with van der Waals surface area (Å²) in [4.78, 5) is 14.0. The Bertz CT molecular complexity index is 645. The third-order valence-electron chi connectivity index (χ3n) is 6.25. The van der Waals surface area contributed by atoms with Gasteiger partial charge in [-0.05, 0) is 25.5 Å². The molecule has 1 saturated carbocycles. The molecule has 1 aromatic rings. The van der Waals surface area contributed by atoms with Crippen LogP contribution in [-0.4, -0.2) is 67.3 Å². The van der Waals surface area contributed by atoms with Gasteiger partial charge in [-0.1, -0.05) is 19.9 Å². The zero-order valence-corrected chi connectivity index (χ0v) is 18.9. The van der Waals surface area contributed by atoms with Gasteiger partial charge in [-0.3, -0.25) is 4.99 Å². The minimum atomic E-state index is 0. The molecule has 2 saturated heterocycles. The van der Waals surface area contributed by atoms with Crippen molar-refractivity contribution in [2.75, 3.05) is 44.2 Å². The van der Waals surface area contributed by atoms with Crippen LogP contribution in [0.3, 0.4) is 0 Å². The van der Waals surface area contributed by atoms with E-state index in [0.717, 1.165) is 51.1 Å². The molecule has 2 aliphatic heterocycles. The van der Waals surface area contributed by atoms with E-state index in [1.54, 1.807) is 0 Å². The Hall–Kier alpha value is -1.09. The molecule has 3 unspecified atom stereocenters. The van der Waals surface area contributed by atoms with E-state index in [0.29, 0.717) is 18.1 Å². The number of hydrogen-bond acceptors (Lipinski definition) is 4. The van der Waals surface area contributed by atoms with Gasteiger partial charge in [0.2, 0.25) is 0 Å². The first-order valence-electron chi connectivity index (χ1n) is 9.94. The zero-order valence-electron chi connectivity index (χ0n) is 16.6. The fraction of sp³-hybridized carbons (Fsp3) is 0.700. The minimum Gasteiger partial charge on any atom is -0.377 e. The molecule has 3 heterocycles. The van der Waals surface area contributed by atoms with Crippen molar-refractivity contribution in [1.82, 2.24) is 15.2 Å². The molecule has 6 nitrogen and oxygen atoms in total. The quantitative estimate of drug-likeness (QED) is 0.406. The van der Waals surface area contributed by atoms with Gasteiger partial charge in [-0.15, -0.1) is 24.0 Å². The molecule has 0 spiro atoms. The van der Waals surface area contributed by atoms with Gasteiger partial charge in [0, 0.05) is 62.9 Å². The van der Waals surface area contributed by atoms with E-state index in [9.17, 15) is 0 Å². The van der Waals surface area contributed by atoms with Crippen LogP contribution in [0.4, 0.5) is 5.82 Å². The molecule has 1 aliphatic carbocycles. The van der Waals surface area contributed by atoms with Crippen molar-refractivity contribution >= 4 is 35.8 Å². The normalized spacial score (nSPS) is 29.6. The van der Waals surface area contributed by atoms with Crippen molar-refractivity contribution < 1.29 is 4.74 Å². The summed E-state index contributed by atoms with van der Waals surface area (Å²) >= 11 is 0. The summed E-state index contributed by atoms with van der Waals surface area (Å²) in [5, 5.41) is 3.80. The number of nitrogens with zero attached hydrogens (tertiary/aromatic N) is 4. The second kappa shape index (κ2) is 8.51. The maximum atomic E-state index is 5.94. The Morgan fingerprint density at radius 2 is 2.07 bits per heavy atom. The van der Waals surface area contributed by atoms with Gasteiger partial charge in [0.25, 0.3) is 0 Å². The molecule has 3 aliphatic rings. The standard InChI is InChI=1S/C20H31N5O.HI/c1-4-21-19(23-17-15-8-14-26-18(15)20(17,2)3)25-12-10-24(11-13-25)16-7-5-6-9-22-16;/h5-7,9,15,17-18H,4,8,10-14H2,1-3H3,(H,21,23);1H. The smallest absolute Gasteiger partial charge is 0.194 e. The topological polar surface area (TPSA) is 53.0 Å². The van der Waals surface area contributed by atoms with E-state index in [2.05, 4.69) is 53.0 Å². The number of fused-ring (bicyclic) bond motifs is 1. The highest BCUT2D eigenvalue weighted by Crippen LogP contribution is 2.52. The lowest BCUT2D eigenvalue weighted by Crippen LogP contribution is -2.68. The first-order chi connectivity index (χ1) is 12.6. The van der Waals surface area contributed by atoms with Crippen LogP contribution in [0.2, 0.25) is 0 Å². The van der Waals surface area contributed by atoms with Crippen molar-refractivity contribution in [3.8, 4) is 0 Å². The first-order valence-corrected chi connectivity index (χ1v) is 9.94. The van der Waals surface area contributed by atoms with Crippen LogP contribution in [0.15, 0.2) is 29.4 Å². The van der Waals surface area contributed by atoms with Gasteiger partial charge in [0.15, 0.2) is 5.96 Å². The fourth-order valence-corrected chi connectivity index (χ4v) is 4.83. The fourth-order valence-electron chi connectivity index (χ4n) is 4.83. The Balaban J connectivity index is 0.00000210. The number of nitrogens with one attached hydrogen (secondary N) is 1. The highest BCUT2D eigenvalue weighted by atomic mass is 127. The molecule has 3 atom stereocenters. The summed E-state index contributed by atoms with van der Waals surface area (Å²) < 4.78 is 5.94. The van der Waals surface area contributed by atoms with E-state index in [-0.39, 0.29) is 29.4 Å². The highest BCUT2D eigenvalue weighted by molar-refractivity contribution is 14.0. The monoisotopic (exact) mass is 485 g/mol. The molecule has 1 N–H and O–H groups in total. The lowest BCUT2D eigenvalue weighted by Gasteiger charge is -2.55. The molecule has 0 bridgehead atoms. The summed E-state index contributed by atoms with van der Waals surface area (Å²) in [7, 11) is 0. The Morgan fingerprint density at radius 3 is 2.74 bits per heavy atom. The van der Waals surface area contributed by atoms with Crippen molar-refractivity contribution in [2.45, 2.75) is 39.3 Å². The molecular weight excluding hydrogens is 453 g/mol. The lowest BCUT2D eigenvalue weighted by molar-refractivity contribution is -0.107. The molecule has 0 radical (unpaired) electrons. The number of anilines is 1. The number of aromatic nitrogens is 1. The molecule has 150 valence electrons. The van der Waals surface area contributed by atoms with Crippen LogP contribution in [0, 0.1) is 11.3 Å². The van der Waals surface area contributed by atoms with Crippen molar-refractivity contribution in [3.05, 3.63) is 24.4 Å². The predicted octanol–water partition coefficient (Wildman–Crippen LogP) is 2.60. The molecule has 7 heteroatoms. The van der Waals surface area contributed by atoms with Crippen molar-refractivity contribution in [2.24, 2.45) is 16.3 Å². The SMILES string of the molecule is CCN=C(NC1C2CCOC2C1(C)C)N1CCN(c2ccccn2)CC1.I. The summed E-state index contributed by atoms with van der Waals surface area (Å²) in [6.45, 7) is 12.4. The summed E-state index contributed by atoms with van der Waals surface area (Å²) in [6, 6.07) is 6.57. The number of rotatable bonds is 3. The molecule has 3 fully saturated rings. The second-order valence-corrected chi connectivity index (χ2v) is 8.15. The van der Waals surface area contributed by atoms with Gasteiger partial charge in [0.05, 0.1) is 6.10 Å². The predicted molar refractivity (Wildman–Crippen MR) is 120 cm³/mol. The van der Waals surface area contributed by atoms with Gasteiger partial charge < -0.3 is 19.9 Å². The summed E-state index contributed by atoms with van der Waals surface area (Å²) in [5.74, 6) is 2.76. The maximum Gasteiger partial charge on any atom is 0.194 e. The average molecular weight is 485 g/mol. The average Bonchev–Trinajstić information content (AvgIpc) is 3.13. The van der Waals surface area contributed by atoms with Crippen LogP contribution >= 0.6 is 24.0 Å². The molecular formula is C20H32IN5O. The number of piperazine rings is 1. The van der Waals surface area contributed by atoms with Crippen LogP contribution in [0.1, 0.15) is 27.2 Å². The molecule has 0 aromatic carbocycles. The maximum absolute atomic E-state index is 5.94. The molecule has 4 rings (SSSR count). The Morgan fingerprint density at radius 1 is 1.30 bits per heavy atom. The van der Waals surface area contributed by atoms with Crippen LogP contribution in [0.5, 0.6) is 0 Å². The van der Waals surface area contributed by atoms with Gasteiger partial charge in [-0.2, -0.15) is 0 Å². The number of halogens is 1. The molecule has 27 heavy (non-hydrogen) atoms. The number of guanidine groups is 1. The van der Waals surface area contributed by atoms with Crippen molar-refractivity contribution in [3.63, 3.8) is 0 Å². The summed E-state index contributed by atoms with van der Waals surface area (Å²) in [6.07, 6.45) is 3.44. The largest absolute Gasteiger partial charge is 0.377 e. The Kier molecular flexibility index (Phi) is 6.50. The lowest BCUT2D eigenvalue weighted by atomic mass is 9.57. The van der Waals surface area contributed by atoms with Crippen LogP contribution < -0.4 is 10.2 Å². The third-order valence-corrected chi connectivity index (χ3v) is 6.25. The van der Waals surface area contributed by atoms with Gasteiger partial charge in [-0.25, -0.2) is 4.98 Å². The minimum absolute atomic E-state index is 0. The zero-order chi connectivity index (χ0) is 18.1. The number of pyridine rings is 1. The van der Waals surface area contributed by atoms with Gasteiger partial charge in [0.1, 0.15) is 5.82 Å². The first kappa shape index (κ1) is 20.6. The van der Waals surface area contributed by atoms with E-state index in [1.807, 2.05) is 12.3 Å². The van der Waals surface area contributed by atoms with Crippen molar-refractivity contribution in [1.29, 1.82) is 0 Å². The number of aliphatic imine (C=N–C) groups is 1. The van der Waals surface area contributed by atoms with E-state index < -0.39 is 0 Å². The van der Waals surface area contributed by atoms with Crippen LogP contribution in [-0.2, 0) is 4.74 Å². The number of hydrogen-bond donors (Lipinski definition) is 1. The summed E-state index contributed by atoms with van der Waals surface area (Å²) in [5.41, 5.74) is 0.172. The highest BCUT2D eigenvalue weighted by Gasteiger charge is 2.59. The Labute approximate surface area is 179 Å². The van der Waals surface area contributed by atoms with E-state index >= 15 is 0 Å². The number of ether oxygens (including phenoxy) is 1. The van der Waals surface area contributed by atoms with Gasteiger partial charge >= 0.3 is 0 Å². The van der Waals surface area contributed by atoms with E-state index in [1.165, 1.54) is 6.42 Å². The van der Waals surface area contributed by atoms with Crippen LogP contribution in [0.25, 0.3) is 0 Å². The third kappa shape index (κ3) is 3.90. The molecule has 1 aromatic heterocycles.